The minimum Gasteiger partial charge on any atom is -0.467 e. The van der Waals surface area contributed by atoms with E-state index in [0.717, 1.165) is 24.3 Å². The largest absolute Gasteiger partial charge is 0.467 e. The first kappa shape index (κ1) is 15.4. The van der Waals surface area contributed by atoms with Crippen LogP contribution >= 0.6 is 0 Å². The predicted octanol–water partition coefficient (Wildman–Crippen LogP) is 3.83. The molecule has 0 saturated carbocycles. The molecule has 5 nitrogen and oxygen atoms in total. The number of furan rings is 1. The van der Waals surface area contributed by atoms with Gasteiger partial charge in [-0.05, 0) is 24.5 Å². The van der Waals surface area contributed by atoms with Gasteiger partial charge in [0.2, 0.25) is 5.76 Å². The average molecular weight is 290 g/mol. The Morgan fingerprint density at radius 1 is 1.43 bits per heavy atom. The topological polar surface area (TPSA) is 59.5 Å². The molecule has 21 heavy (non-hydrogen) atoms. The van der Waals surface area contributed by atoms with E-state index in [9.17, 15) is 4.79 Å². The van der Waals surface area contributed by atoms with E-state index in [1.165, 1.54) is 0 Å². The molecule has 0 aromatic carbocycles. The van der Waals surface area contributed by atoms with Crippen LogP contribution in [-0.2, 0) is 6.54 Å². The highest BCUT2D eigenvalue weighted by Gasteiger charge is 2.22. The van der Waals surface area contributed by atoms with Gasteiger partial charge in [0.25, 0.3) is 5.91 Å². The summed E-state index contributed by atoms with van der Waals surface area (Å²) in [7, 11) is 0. The summed E-state index contributed by atoms with van der Waals surface area (Å²) < 4.78 is 10.5. The SMILES string of the molecule is CCCCN(Cc1ccco1)C(=O)c1cc(C(C)C)no1. The molecule has 0 spiro atoms. The Morgan fingerprint density at radius 3 is 2.81 bits per heavy atom. The van der Waals surface area contributed by atoms with E-state index < -0.39 is 0 Å². The van der Waals surface area contributed by atoms with Crippen LogP contribution in [-0.4, -0.2) is 22.5 Å². The zero-order valence-corrected chi connectivity index (χ0v) is 12.8. The van der Waals surface area contributed by atoms with E-state index in [-0.39, 0.29) is 11.8 Å². The predicted molar refractivity (Wildman–Crippen MR) is 78.9 cm³/mol. The number of rotatable bonds is 7. The summed E-state index contributed by atoms with van der Waals surface area (Å²) in [6.07, 6.45) is 3.58. The van der Waals surface area contributed by atoms with Crippen LogP contribution in [0.15, 0.2) is 33.4 Å². The van der Waals surface area contributed by atoms with Gasteiger partial charge in [-0.25, -0.2) is 0 Å². The van der Waals surface area contributed by atoms with E-state index in [4.69, 9.17) is 8.94 Å². The molecule has 2 rings (SSSR count). The third-order valence-electron chi connectivity index (χ3n) is 3.33. The number of amides is 1. The second-order valence-corrected chi connectivity index (χ2v) is 5.43. The van der Waals surface area contributed by atoms with Crippen LogP contribution in [0, 0.1) is 0 Å². The lowest BCUT2D eigenvalue weighted by atomic mass is 10.1. The second-order valence-electron chi connectivity index (χ2n) is 5.43. The first-order valence-corrected chi connectivity index (χ1v) is 7.40. The summed E-state index contributed by atoms with van der Waals surface area (Å²) >= 11 is 0. The molecule has 0 aliphatic heterocycles. The van der Waals surface area contributed by atoms with Crippen molar-refractivity contribution in [3.63, 3.8) is 0 Å². The zero-order valence-electron chi connectivity index (χ0n) is 12.8. The first-order chi connectivity index (χ1) is 10.1. The minimum absolute atomic E-state index is 0.140. The first-order valence-electron chi connectivity index (χ1n) is 7.40. The molecule has 0 aliphatic carbocycles. The zero-order chi connectivity index (χ0) is 15.2. The molecule has 0 unspecified atom stereocenters. The lowest BCUT2D eigenvalue weighted by Gasteiger charge is -2.19. The summed E-state index contributed by atoms with van der Waals surface area (Å²) in [6.45, 7) is 7.26. The Labute approximate surface area is 124 Å². The molecule has 114 valence electrons. The van der Waals surface area contributed by atoms with Crippen LogP contribution in [0.4, 0.5) is 0 Å². The highest BCUT2D eigenvalue weighted by molar-refractivity contribution is 5.91. The van der Waals surface area contributed by atoms with Gasteiger partial charge in [-0.15, -0.1) is 0 Å². The number of hydrogen-bond donors (Lipinski definition) is 0. The van der Waals surface area contributed by atoms with Crippen molar-refractivity contribution in [2.75, 3.05) is 6.54 Å². The van der Waals surface area contributed by atoms with Crippen molar-refractivity contribution in [1.29, 1.82) is 0 Å². The van der Waals surface area contributed by atoms with Gasteiger partial charge in [0.1, 0.15) is 5.76 Å². The molecule has 1 amide bonds. The molecular weight excluding hydrogens is 268 g/mol. The van der Waals surface area contributed by atoms with Crippen LogP contribution < -0.4 is 0 Å². The number of unbranched alkanes of at least 4 members (excludes halogenated alkanes) is 1. The fraction of sp³-hybridized carbons (Fsp3) is 0.500. The summed E-state index contributed by atoms with van der Waals surface area (Å²) in [5.41, 5.74) is 0.798. The molecule has 0 N–H and O–H groups in total. The van der Waals surface area contributed by atoms with Crippen molar-refractivity contribution in [3.05, 3.63) is 41.7 Å². The van der Waals surface area contributed by atoms with E-state index in [1.807, 2.05) is 26.0 Å². The number of carbonyl (C=O) groups is 1. The van der Waals surface area contributed by atoms with Crippen molar-refractivity contribution in [2.24, 2.45) is 0 Å². The molecular formula is C16H22N2O3. The smallest absolute Gasteiger partial charge is 0.292 e. The number of hydrogen-bond acceptors (Lipinski definition) is 4. The van der Waals surface area contributed by atoms with Crippen LogP contribution in [0.2, 0.25) is 0 Å². The molecule has 0 atom stereocenters. The molecule has 0 fully saturated rings. The summed E-state index contributed by atoms with van der Waals surface area (Å²) in [5, 5.41) is 3.95. The Kier molecular flexibility index (Phi) is 5.20. The Morgan fingerprint density at radius 2 is 2.24 bits per heavy atom. The molecule has 2 aromatic rings. The molecule has 0 saturated heterocycles. The van der Waals surface area contributed by atoms with Gasteiger partial charge in [0.05, 0.1) is 18.5 Å². The van der Waals surface area contributed by atoms with Crippen LogP contribution in [0.25, 0.3) is 0 Å². The Balaban J connectivity index is 2.12. The van der Waals surface area contributed by atoms with Crippen molar-refractivity contribution < 1.29 is 13.7 Å². The average Bonchev–Trinajstić information content (AvgIpc) is 3.13. The Bertz CT molecular complexity index is 558. The van der Waals surface area contributed by atoms with Gasteiger partial charge in [-0.2, -0.15) is 0 Å². The van der Waals surface area contributed by atoms with Gasteiger partial charge in [-0.1, -0.05) is 32.3 Å². The maximum absolute atomic E-state index is 12.6. The fourth-order valence-electron chi connectivity index (χ4n) is 2.01. The van der Waals surface area contributed by atoms with Crippen molar-refractivity contribution in [1.82, 2.24) is 10.1 Å². The molecule has 5 heteroatoms. The van der Waals surface area contributed by atoms with Gasteiger partial charge in [0.15, 0.2) is 0 Å². The lowest BCUT2D eigenvalue weighted by molar-refractivity contribution is 0.0686. The van der Waals surface area contributed by atoms with Crippen LogP contribution in [0.1, 0.15) is 61.5 Å². The van der Waals surface area contributed by atoms with E-state index in [2.05, 4.69) is 12.1 Å². The Hall–Kier alpha value is -2.04. The lowest BCUT2D eigenvalue weighted by Crippen LogP contribution is -2.31. The van der Waals surface area contributed by atoms with E-state index >= 15 is 0 Å². The molecule has 0 radical (unpaired) electrons. The van der Waals surface area contributed by atoms with E-state index in [1.54, 1.807) is 17.2 Å². The molecule has 2 aromatic heterocycles. The van der Waals surface area contributed by atoms with Crippen molar-refractivity contribution in [3.8, 4) is 0 Å². The maximum Gasteiger partial charge on any atom is 0.292 e. The molecule has 2 heterocycles. The van der Waals surface area contributed by atoms with Crippen molar-refractivity contribution >= 4 is 5.91 Å². The van der Waals surface area contributed by atoms with E-state index in [0.29, 0.717) is 18.8 Å². The quantitative estimate of drug-likeness (QED) is 0.777. The number of carbonyl (C=O) groups excluding carboxylic acids is 1. The highest BCUT2D eigenvalue weighted by Crippen LogP contribution is 2.17. The van der Waals surface area contributed by atoms with Crippen molar-refractivity contribution in [2.45, 2.75) is 46.1 Å². The summed E-state index contributed by atoms with van der Waals surface area (Å²) in [4.78, 5) is 14.3. The van der Waals surface area contributed by atoms with Gasteiger partial charge < -0.3 is 13.8 Å². The standard InChI is InChI=1S/C16H22N2O3/c1-4-5-8-18(11-13-7-6-9-20-13)16(19)15-10-14(12(2)3)17-21-15/h6-7,9-10,12H,4-5,8,11H2,1-3H3. The number of nitrogens with zero attached hydrogens (tertiary/aromatic N) is 2. The third-order valence-corrected chi connectivity index (χ3v) is 3.33. The normalized spacial score (nSPS) is 11.0. The molecule has 0 bridgehead atoms. The van der Waals surface area contributed by atoms with Gasteiger partial charge in [0, 0.05) is 12.6 Å². The van der Waals surface area contributed by atoms with Crippen LogP contribution in [0.5, 0.6) is 0 Å². The monoisotopic (exact) mass is 290 g/mol. The fourth-order valence-corrected chi connectivity index (χ4v) is 2.01. The third kappa shape index (κ3) is 3.97. The minimum atomic E-state index is -0.140. The molecule has 0 aliphatic rings. The summed E-state index contributed by atoms with van der Waals surface area (Å²) in [6, 6.07) is 5.42. The second kappa shape index (κ2) is 7.11. The summed E-state index contributed by atoms with van der Waals surface area (Å²) in [5.74, 6) is 1.16. The van der Waals surface area contributed by atoms with Gasteiger partial charge >= 0.3 is 0 Å². The van der Waals surface area contributed by atoms with Crippen LogP contribution in [0.3, 0.4) is 0 Å². The highest BCUT2D eigenvalue weighted by atomic mass is 16.5. The van der Waals surface area contributed by atoms with Gasteiger partial charge in [-0.3, -0.25) is 4.79 Å². The number of aromatic nitrogens is 1. The maximum atomic E-state index is 12.6.